The maximum Gasteiger partial charge on any atom is 0.398 e. The highest BCUT2D eigenvalue weighted by Crippen LogP contribution is 2.34. The third kappa shape index (κ3) is 4.72. The molecule has 1 unspecified atom stereocenters. The van der Waals surface area contributed by atoms with Gasteiger partial charge in [-0.15, -0.1) is 10.2 Å². The van der Waals surface area contributed by atoms with E-state index in [1.165, 1.54) is 9.47 Å². The molecule has 0 bridgehead atoms. The molecule has 29 heavy (non-hydrogen) atoms. The van der Waals surface area contributed by atoms with Crippen molar-refractivity contribution in [3.63, 3.8) is 0 Å². The molecule has 2 N–H and O–H groups in total. The van der Waals surface area contributed by atoms with Crippen LogP contribution in [-0.2, 0) is 24.3 Å². The Morgan fingerprint density at radius 1 is 1.24 bits per heavy atom. The van der Waals surface area contributed by atoms with E-state index in [0.29, 0.717) is 0 Å². The predicted molar refractivity (Wildman–Crippen MR) is 92.6 cm³/mol. The molecule has 158 valence electrons. The Hall–Kier alpha value is -2.56. The lowest BCUT2D eigenvalue weighted by atomic mass is 10.0. The predicted octanol–water partition coefficient (Wildman–Crippen LogP) is 2.52. The van der Waals surface area contributed by atoms with Crippen LogP contribution >= 0.6 is 0 Å². The highest BCUT2D eigenvalue weighted by Gasteiger charge is 2.41. The van der Waals surface area contributed by atoms with Gasteiger partial charge in [0.25, 0.3) is 0 Å². The number of amides is 1. The summed E-state index contributed by atoms with van der Waals surface area (Å²) in [4.78, 5) is 13.9. The van der Waals surface area contributed by atoms with E-state index in [-0.39, 0.29) is 55.6 Å². The molecule has 0 radical (unpaired) electrons. The van der Waals surface area contributed by atoms with E-state index in [9.17, 15) is 26.7 Å². The lowest BCUT2D eigenvalue weighted by molar-refractivity contribution is -0.148. The van der Waals surface area contributed by atoms with E-state index in [1.807, 2.05) is 0 Å². The average molecular weight is 417 g/mol. The normalized spacial score (nSPS) is 16.4. The zero-order chi connectivity index (χ0) is 21.3. The number of nitrogens with two attached hydrogens (primary N) is 1. The van der Waals surface area contributed by atoms with Crippen molar-refractivity contribution in [1.29, 1.82) is 0 Å². The summed E-state index contributed by atoms with van der Waals surface area (Å²) >= 11 is 0. The summed E-state index contributed by atoms with van der Waals surface area (Å²) in [6, 6.07) is 2.29. The van der Waals surface area contributed by atoms with Gasteiger partial charge in [-0.2, -0.15) is 13.2 Å². The van der Waals surface area contributed by atoms with Gasteiger partial charge in [0.05, 0.1) is 6.54 Å². The molecule has 2 aromatic rings. The second kappa shape index (κ2) is 8.05. The number of fused-ring (bicyclic) bond motifs is 1. The van der Waals surface area contributed by atoms with Crippen molar-refractivity contribution in [1.82, 2.24) is 19.7 Å². The molecule has 0 fully saturated rings. The highest BCUT2D eigenvalue weighted by molar-refractivity contribution is 5.76. The number of rotatable bonds is 5. The number of alkyl halides is 3. The zero-order valence-electron chi connectivity index (χ0n) is 15.6. The maximum atomic E-state index is 13.7. The van der Waals surface area contributed by atoms with Crippen LogP contribution in [0, 0.1) is 11.6 Å². The minimum absolute atomic E-state index is 0.0114. The first-order chi connectivity index (χ1) is 13.6. The molecule has 2 heterocycles. The van der Waals surface area contributed by atoms with E-state index in [0.717, 1.165) is 25.1 Å². The van der Waals surface area contributed by atoms with Crippen LogP contribution in [0.25, 0.3) is 0 Å². The fraction of sp³-hybridized carbons (Fsp3) is 0.500. The highest BCUT2D eigenvalue weighted by atomic mass is 19.4. The van der Waals surface area contributed by atoms with Gasteiger partial charge in [-0.25, -0.2) is 8.78 Å². The first-order valence-electron chi connectivity index (χ1n) is 9.02. The second-order valence-electron chi connectivity index (χ2n) is 7.11. The van der Waals surface area contributed by atoms with E-state index in [1.54, 1.807) is 0 Å². The first-order valence-corrected chi connectivity index (χ1v) is 9.02. The molecule has 1 amide bonds. The number of halogens is 5. The molecule has 1 aliphatic rings. The Bertz CT molecular complexity index is 897. The maximum absolute atomic E-state index is 13.7. The monoisotopic (exact) mass is 417 g/mol. The number of hydrogen-bond donors (Lipinski definition) is 1. The van der Waals surface area contributed by atoms with Gasteiger partial charge in [0.15, 0.2) is 5.82 Å². The van der Waals surface area contributed by atoms with E-state index < -0.39 is 29.8 Å². The topological polar surface area (TPSA) is 77.0 Å². The minimum atomic E-state index is -4.43. The fourth-order valence-electron chi connectivity index (χ4n) is 3.27. The van der Waals surface area contributed by atoms with E-state index in [2.05, 4.69) is 10.2 Å². The van der Waals surface area contributed by atoms with Gasteiger partial charge < -0.3 is 15.2 Å². The van der Waals surface area contributed by atoms with E-state index >= 15 is 0 Å². The van der Waals surface area contributed by atoms with Crippen molar-refractivity contribution in [2.45, 2.75) is 51.0 Å². The molecule has 0 aliphatic carbocycles. The van der Waals surface area contributed by atoms with Crippen LogP contribution in [0.4, 0.5) is 22.0 Å². The Balaban J connectivity index is 1.62. The molecular formula is C18H20F5N5O. The number of carbonyl (C=O) groups excluding carboxylic acids is 1. The number of carbonyl (C=O) groups is 1. The minimum Gasteiger partial charge on any atom is -0.333 e. The second-order valence-corrected chi connectivity index (χ2v) is 7.11. The van der Waals surface area contributed by atoms with Crippen molar-refractivity contribution >= 4 is 5.91 Å². The Labute approximate surface area is 163 Å². The Morgan fingerprint density at radius 3 is 2.66 bits per heavy atom. The van der Waals surface area contributed by atoms with Crippen LogP contribution in [0.15, 0.2) is 18.2 Å². The molecule has 2 atom stereocenters. The molecule has 0 spiro atoms. The van der Waals surface area contributed by atoms with Gasteiger partial charge in [-0.3, -0.25) is 4.79 Å². The fourth-order valence-corrected chi connectivity index (χ4v) is 3.27. The van der Waals surface area contributed by atoms with Crippen LogP contribution in [0.1, 0.15) is 36.5 Å². The molecule has 1 aliphatic heterocycles. The van der Waals surface area contributed by atoms with Gasteiger partial charge in [-0.1, -0.05) is 0 Å². The summed E-state index contributed by atoms with van der Waals surface area (Å²) in [5.41, 5.74) is 6.00. The largest absolute Gasteiger partial charge is 0.398 e. The van der Waals surface area contributed by atoms with Crippen LogP contribution in [-0.4, -0.2) is 44.3 Å². The summed E-state index contributed by atoms with van der Waals surface area (Å²) in [6.45, 7) is 1.34. The van der Waals surface area contributed by atoms with Crippen LogP contribution in [0.3, 0.4) is 0 Å². The van der Waals surface area contributed by atoms with Gasteiger partial charge in [0.2, 0.25) is 5.91 Å². The molecule has 1 aromatic carbocycles. The molecule has 0 saturated heterocycles. The molecular weight excluding hydrogens is 397 g/mol. The van der Waals surface area contributed by atoms with Gasteiger partial charge >= 0.3 is 6.18 Å². The summed E-state index contributed by atoms with van der Waals surface area (Å²) in [5, 5.41) is 7.43. The van der Waals surface area contributed by atoms with Crippen molar-refractivity contribution in [3.8, 4) is 0 Å². The zero-order valence-corrected chi connectivity index (χ0v) is 15.6. The van der Waals surface area contributed by atoms with Crippen molar-refractivity contribution < 1.29 is 26.7 Å². The van der Waals surface area contributed by atoms with Gasteiger partial charge in [0.1, 0.15) is 23.4 Å². The Morgan fingerprint density at radius 2 is 1.97 bits per heavy atom. The number of aromatic nitrogens is 3. The molecule has 3 rings (SSSR count). The van der Waals surface area contributed by atoms with Crippen LogP contribution in [0.5, 0.6) is 0 Å². The van der Waals surface area contributed by atoms with Gasteiger partial charge in [0, 0.05) is 25.6 Å². The summed E-state index contributed by atoms with van der Waals surface area (Å²) in [6.07, 6.45) is -4.57. The Kier molecular flexibility index (Phi) is 5.87. The number of nitrogens with zero attached hydrogens (tertiary/aromatic N) is 4. The first kappa shape index (κ1) is 21.2. The lowest BCUT2D eigenvalue weighted by Gasteiger charge is -2.29. The number of hydrogen-bond acceptors (Lipinski definition) is 4. The van der Waals surface area contributed by atoms with Crippen molar-refractivity contribution in [2.75, 3.05) is 6.54 Å². The smallest absolute Gasteiger partial charge is 0.333 e. The van der Waals surface area contributed by atoms with Crippen LogP contribution in [0.2, 0.25) is 0 Å². The quantitative estimate of drug-likeness (QED) is 0.759. The summed E-state index contributed by atoms with van der Waals surface area (Å²) in [5.74, 6) is -3.22. The molecule has 6 nitrogen and oxygen atoms in total. The van der Waals surface area contributed by atoms with Crippen LogP contribution < -0.4 is 5.73 Å². The van der Waals surface area contributed by atoms with Gasteiger partial charge in [-0.05, 0) is 37.1 Å². The van der Waals surface area contributed by atoms with E-state index in [4.69, 9.17) is 5.73 Å². The van der Waals surface area contributed by atoms with Crippen molar-refractivity contribution in [2.24, 2.45) is 5.73 Å². The summed E-state index contributed by atoms with van der Waals surface area (Å²) in [7, 11) is 0. The molecule has 0 saturated carbocycles. The SMILES string of the molecule is CC(c1nnc2n1CCN(C(=O)C[C@H](N)Cc1cc(F)ccc1F)C2)C(F)(F)F. The standard InChI is InChI=1S/C18H20F5N5O/c1-10(18(21,22)23)17-26-25-15-9-27(4-5-28(15)17)16(29)8-13(24)7-11-6-12(19)2-3-14(11)20/h2-3,6,10,13H,4-5,7-9,24H2,1H3/t10?,13-/m1/s1. The van der Waals surface area contributed by atoms with Crippen molar-refractivity contribution in [3.05, 3.63) is 47.0 Å². The average Bonchev–Trinajstić information content (AvgIpc) is 3.06. The third-order valence-corrected chi connectivity index (χ3v) is 4.94. The summed E-state index contributed by atoms with van der Waals surface area (Å²) < 4.78 is 67.2. The third-order valence-electron chi connectivity index (χ3n) is 4.94. The lowest BCUT2D eigenvalue weighted by Crippen LogP contribution is -2.42. The number of benzene rings is 1. The molecule has 1 aromatic heterocycles. The molecule has 11 heteroatoms.